The van der Waals surface area contributed by atoms with Gasteiger partial charge in [0.1, 0.15) is 18.0 Å². The molecule has 2 aromatic heterocycles. The number of aromatic nitrogens is 4. The number of benzene rings is 1. The lowest BCUT2D eigenvalue weighted by Crippen LogP contribution is -2.56. The van der Waals surface area contributed by atoms with Crippen molar-refractivity contribution >= 4 is 23.6 Å². The zero-order valence-electron chi connectivity index (χ0n) is 21.7. The first-order valence-corrected chi connectivity index (χ1v) is 12.1. The van der Waals surface area contributed by atoms with Gasteiger partial charge in [0.15, 0.2) is 0 Å². The highest BCUT2D eigenvalue weighted by Crippen LogP contribution is 2.40. The Morgan fingerprint density at radius 1 is 1.10 bits per heavy atom. The van der Waals surface area contributed by atoms with E-state index < -0.39 is 47.0 Å². The maximum atomic E-state index is 13.3. The molecule has 0 bridgehead atoms. The number of carbonyl (C=O) groups excluding carboxylic acids is 3. The van der Waals surface area contributed by atoms with Gasteiger partial charge in [-0.3, -0.25) is 14.7 Å². The molecule has 2 amide bonds. The first-order chi connectivity index (χ1) is 18.2. The first kappa shape index (κ1) is 29.3. The minimum atomic E-state index is -4.53. The number of hydrogen-bond acceptors (Lipinski definition) is 8. The third-order valence-electron chi connectivity index (χ3n) is 5.89. The molecule has 3 aromatic rings. The van der Waals surface area contributed by atoms with Crippen LogP contribution in [0.3, 0.4) is 0 Å². The molecule has 0 aliphatic carbocycles. The van der Waals surface area contributed by atoms with E-state index in [0.29, 0.717) is 12.8 Å². The van der Waals surface area contributed by atoms with Crippen LogP contribution in [-0.2, 0) is 15.8 Å². The van der Waals surface area contributed by atoms with Gasteiger partial charge in [0, 0.05) is 11.6 Å². The molecule has 1 aromatic carbocycles. The molecule has 14 heteroatoms. The number of Topliss-reactive ketones (excluding diaryl/α,β-unsaturated/α-hetero) is 1. The summed E-state index contributed by atoms with van der Waals surface area (Å²) in [4.78, 5) is 39.3. The maximum Gasteiger partial charge on any atom is 0.416 e. The number of alkyl halides is 3. The molecule has 0 spiro atoms. The van der Waals surface area contributed by atoms with E-state index in [0.717, 1.165) is 29.2 Å². The minimum absolute atomic E-state index is 0.00614. The average Bonchev–Trinajstić information content (AvgIpc) is 3.54. The zero-order valence-corrected chi connectivity index (χ0v) is 21.7. The number of anilines is 1. The highest BCUT2D eigenvalue weighted by Gasteiger charge is 2.43. The lowest BCUT2D eigenvalue weighted by Gasteiger charge is -2.43. The number of hydrogen-bond donors (Lipinski definition) is 2. The van der Waals surface area contributed by atoms with Crippen molar-refractivity contribution in [1.29, 1.82) is 0 Å². The molecule has 0 unspecified atom stereocenters. The van der Waals surface area contributed by atoms with E-state index in [1.54, 1.807) is 20.8 Å². The molecule has 0 aliphatic rings. The van der Waals surface area contributed by atoms with Crippen LogP contribution in [0.15, 0.2) is 40.9 Å². The normalized spacial score (nSPS) is 13.5. The van der Waals surface area contributed by atoms with Gasteiger partial charge < -0.3 is 24.5 Å². The number of carbonyl (C=O) groups is 3. The van der Waals surface area contributed by atoms with Crippen LogP contribution in [-0.4, -0.2) is 49.1 Å². The van der Waals surface area contributed by atoms with Crippen molar-refractivity contribution in [3.8, 4) is 11.5 Å². The molecule has 11 nitrogen and oxygen atoms in total. The summed E-state index contributed by atoms with van der Waals surface area (Å²) in [6, 6.07) is 2.72. The second-order valence-electron chi connectivity index (χ2n) is 9.91. The van der Waals surface area contributed by atoms with Crippen molar-refractivity contribution in [2.75, 3.05) is 5.32 Å². The number of nitrogens with one attached hydrogen (secondary N) is 2. The molecule has 3 rings (SSSR count). The number of H-pyrrole nitrogens is 1. The van der Waals surface area contributed by atoms with E-state index in [1.807, 2.05) is 6.92 Å². The van der Waals surface area contributed by atoms with E-state index in [4.69, 9.17) is 4.42 Å². The van der Waals surface area contributed by atoms with Crippen molar-refractivity contribution in [3.63, 3.8) is 0 Å². The Morgan fingerprint density at radius 2 is 1.77 bits per heavy atom. The Bertz CT molecular complexity index is 1280. The average molecular weight is 550 g/mol. The minimum Gasteiger partial charge on any atom is -0.530 e. The van der Waals surface area contributed by atoms with Crippen molar-refractivity contribution in [2.24, 2.45) is 5.41 Å². The molecule has 0 saturated carbocycles. The van der Waals surface area contributed by atoms with Gasteiger partial charge in [-0.05, 0) is 36.1 Å². The van der Waals surface area contributed by atoms with Crippen LogP contribution in [0.5, 0.6) is 0 Å². The smallest absolute Gasteiger partial charge is 0.416 e. The van der Waals surface area contributed by atoms with Crippen molar-refractivity contribution < 1.29 is 37.1 Å². The van der Waals surface area contributed by atoms with Crippen LogP contribution < -0.4 is 10.4 Å². The maximum absolute atomic E-state index is 13.3. The summed E-state index contributed by atoms with van der Waals surface area (Å²) in [5.41, 5.74) is -1.64. The number of unbranched alkanes of at least 4 members (excludes halogenated alkanes) is 1. The Morgan fingerprint density at radius 3 is 2.28 bits per heavy atom. The molecule has 2 heterocycles. The second kappa shape index (κ2) is 11.7. The molecule has 0 saturated heterocycles. The fourth-order valence-corrected chi connectivity index (χ4v) is 4.04. The number of amides is 2. The zero-order chi connectivity index (χ0) is 29.0. The first-order valence-electron chi connectivity index (χ1n) is 12.1. The number of rotatable bonds is 10. The molecule has 39 heavy (non-hydrogen) atoms. The fourth-order valence-electron chi connectivity index (χ4n) is 4.04. The number of nitrogens with zero attached hydrogens (tertiary/aromatic N) is 4. The molecule has 0 fully saturated rings. The molecule has 210 valence electrons. The molecule has 0 radical (unpaired) electrons. The van der Waals surface area contributed by atoms with Gasteiger partial charge in [-0.2, -0.15) is 18.3 Å². The molecule has 0 aliphatic heterocycles. The summed E-state index contributed by atoms with van der Waals surface area (Å²) in [5.74, 6) is -2.31. The molecule has 2 atom stereocenters. The van der Waals surface area contributed by atoms with Gasteiger partial charge in [0.25, 0.3) is 5.91 Å². The van der Waals surface area contributed by atoms with Crippen LogP contribution in [0.4, 0.5) is 23.8 Å². The van der Waals surface area contributed by atoms with E-state index in [9.17, 15) is 32.7 Å². The van der Waals surface area contributed by atoms with Gasteiger partial charge in [-0.25, -0.2) is 0 Å². The van der Waals surface area contributed by atoms with Gasteiger partial charge in [-0.15, -0.1) is 10.2 Å². The summed E-state index contributed by atoms with van der Waals surface area (Å²) in [7, 11) is 0. The third-order valence-corrected chi connectivity index (χ3v) is 5.89. The standard InChI is InChI=1S/C25H29F3N6O5/c1-5-6-7-16(18(35)20(36)30-17-12-13-29-31-17)34(23(37)38)19(24(2,3)4)22-33-32-21(39-22)14-8-10-15(11-9-14)25(26,27)28/h8-13,16,19H,5-7H2,1-4H3,(H,37,38)(H2,29,30,31,36)/p-1/t16-,19+/m0/s1. The predicted molar refractivity (Wildman–Crippen MR) is 130 cm³/mol. The summed E-state index contributed by atoms with van der Waals surface area (Å²) in [6.07, 6.45) is -3.89. The van der Waals surface area contributed by atoms with E-state index >= 15 is 0 Å². The highest BCUT2D eigenvalue weighted by atomic mass is 19.4. The Balaban J connectivity index is 2.00. The van der Waals surface area contributed by atoms with Crippen LogP contribution in [0.2, 0.25) is 0 Å². The predicted octanol–water partition coefficient (Wildman–Crippen LogP) is 3.98. The molecule has 2 N–H and O–H groups in total. The number of ketones is 1. The monoisotopic (exact) mass is 549 g/mol. The fraction of sp³-hybridized carbons (Fsp3) is 0.440. The lowest BCUT2D eigenvalue weighted by atomic mass is 9.84. The highest BCUT2D eigenvalue weighted by molar-refractivity contribution is 6.42. The summed E-state index contributed by atoms with van der Waals surface area (Å²) >= 11 is 0. The van der Waals surface area contributed by atoms with Crippen molar-refractivity contribution in [3.05, 3.63) is 48.0 Å². The van der Waals surface area contributed by atoms with Crippen LogP contribution in [0.25, 0.3) is 11.5 Å². The summed E-state index contributed by atoms with van der Waals surface area (Å²) in [5, 5.41) is 28.9. The number of carboxylic acid groups (broad SMARTS) is 1. The third kappa shape index (κ3) is 7.00. The van der Waals surface area contributed by atoms with Crippen LogP contribution >= 0.6 is 0 Å². The quantitative estimate of drug-likeness (QED) is 0.360. The van der Waals surface area contributed by atoms with Crippen molar-refractivity contribution in [2.45, 2.75) is 65.2 Å². The van der Waals surface area contributed by atoms with Crippen molar-refractivity contribution in [1.82, 2.24) is 25.3 Å². The van der Waals surface area contributed by atoms with E-state index in [1.165, 1.54) is 12.3 Å². The van der Waals surface area contributed by atoms with Gasteiger partial charge >= 0.3 is 6.18 Å². The van der Waals surface area contributed by atoms with E-state index in [2.05, 4.69) is 25.7 Å². The molecular formula is C25H28F3N6O5-. The Labute approximate surface area is 221 Å². The lowest BCUT2D eigenvalue weighted by molar-refractivity contribution is -0.273. The molecular weight excluding hydrogens is 521 g/mol. The summed E-state index contributed by atoms with van der Waals surface area (Å²) < 4.78 is 44.6. The van der Waals surface area contributed by atoms with Gasteiger partial charge in [0.05, 0.1) is 17.8 Å². The topological polar surface area (TPSA) is 157 Å². The van der Waals surface area contributed by atoms with Gasteiger partial charge in [-0.1, -0.05) is 40.5 Å². The Hall–Kier alpha value is -4.23. The largest absolute Gasteiger partial charge is 0.530 e. The van der Waals surface area contributed by atoms with Gasteiger partial charge in [0.2, 0.25) is 17.6 Å². The second-order valence-corrected chi connectivity index (χ2v) is 9.91. The van der Waals surface area contributed by atoms with Crippen LogP contribution in [0, 0.1) is 5.41 Å². The van der Waals surface area contributed by atoms with E-state index in [-0.39, 0.29) is 29.6 Å². The number of halogens is 3. The summed E-state index contributed by atoms with van der Waals surface area (Å²) in [6.45, 7) is 6.84. The number of aromatic amines is 1. The van der Waals surface area contributed by atoms with Crippen LogP contribution in [0.1, 0.15) is 64.5 Å². The SMILES string of the molecule is CCCC[C@@H](C(=O)C(=O)Nc1ccn[nH]1)N(C(=O)[O-])[C@H](c1nnc(-c2ccc(C(F)(F)F)cc2)o1)C(C)(C)C. The Kier molecular flexibility index (Phi) is 8.77.